The summed E-state index contributed by atoms with van der Waals surface area (Å²) in [5, 5.41) is 3.29. The van der Waals surface area contributed by atoms with Gasteiger partial charge in [0.05, 0.1) is 0 Å². The lowest BCUT2D eigenvalue weighted by atomic mass is 10.1. The number of piperazine rings is 1. The number of carbonyl (C=O) groups is 1. The highest BCUT2D eigenvalue weighted by atomic mass is 35.5. The van der Waals surface area contributed by atoms with Crippen molar-refractivity contribution in [3.63, 3.8) is 0 Å². The predicted octanol–water partition coefficient (Wildman–Crippen LogP) is 3.33. The van der Waals surface area contributed by atoms with Crippen molar-refractivity contribution in [3.8, 4) is 11.5 Å². The van der Waals surface area contributed by atoms with Crippen LogP contribution in [0.2, 0.25) is 0 Å². The Morgan fingerprint density at radius 3 is 2.39 bits per heavy atom. The Morgan fingerprint density at radius 1 is 1.09 bits per heavy atom. The highest BCUT2D eigenvalue weighted by Crippen LogP contribution is 2.22. The first kappa shape index (κ1) is 17.3. The zero-order chi connectivity index (χ0) is 15.4. The van der Waals surface area contributed by atoms with E-state index in [1.54, 1.807) is 0 Å². The number of ether oxygens (including phenoxy) is 1. The Kier molecular flexibility index (Phi) is 6.02. The lowest BCUT2D eigenvalue weighted by Crippen LogP contribution is -2.52. The fraction of sp³-hybridized carbons (Fsp3) is 0.278. The molecule has 0 bridgehead atoms. The van der Waals surface area contributed by atoms with Crippen molar-refractivity contribution >= 4 is 18.3 Å². The minimum absolute atomic E-state index is 0. The first-order valence-corrected chi connectivity index (χ1v) is 7.59. The third kappa shape index (κ3) is 4.24. The van der Waals surface area contributed by atoms with Crippen LogP contribution < -0.4 is 10.1 Å². The number of hydrogen-bond acceptors (Lipinski definition) is 3. The lowest BCUT2D eigenvalue weighted by Gasteiger charge is -2.34. The maximum absolute atomic E-state index is 12.5. The van der Waals surface area contributed by atoms with Gasteiger partial charge in [-0.2, -0.15) is 0 Å². The Balaban J connectivity index is 0.00000192. The maximum Gasteiger partial charge on any atom is 0.254 e. The van der Waals surface area contributed by atoms with E-state index < -0.39 is 0 Å². The van der Waals surface area contributed by atoms with Crippen LogP contribution in [0.25, 0.3) is 0 Å². The molecule has 0 radical (unpaired) electrons. The fourth-order valence-corrected chi connectivity index (χ4v) is 2.60. The molecule has 1 N–H and O–H groups in total. The number of para-hydroxylation sites is 1. The van der Waals surface area contributed by atoms with Gasteiger partial charge in [0, 0.05) is 31.2 Å². The van der Waals surface area contributed by atoms with Crippen LogP contribution in [0.3, 0.4) is 0 Å². The molecule has 0 unspecified atom stereocenters. The Hall–Kier alpha value is -2.04. The van der Waals surface area contributed by atoms with E-state index in [0.717, 1.165) is 31.1 Å². The molecule has 1 fully saturated rings. The quantitative estimate of drug-likeness (QED) is 0.937. The predicted molar refractivity (Wildman–Crippen MR) is 93.6 cm³/mol. The molecule has 5 heteroatoms. The molecule has 23 heavy (non-hydrogen) atoms. The van der Waals surface area contributed by atoms with E-state index >= 15 is 0 Å². The summed E-state index contributed by atoms with van der Waals surface area (Å²) in [6.07, 6.45) is 0. The molecule has 3 rings (SSSR count). The largest absolute Gasteiger partial charge is 0.457 e. The van der Waals surface area contributed by atoms with E-state index in [0.29, 0.717) is 5.56 Å². The monoisotopic (exact) mass is 332 g/mol. The fourth-order valence-electron chi connectivity index (χ4n) is 2.60. The zero-order valence-electron chi connectivity index (χ0n) is 13.1. The van der Waals surface area contributed by atoms with Crippen LogP contribution in [0.15, 0.2) is 54.6 Å². The molecule has 1 aliphatic heterocycles. The SMILES string of the molecule is C[C@@H]1CNCCN1C(=O)c1ccc(Oc2ccccc2)cc1.Cl. The standard InChI is InChI=1S/C18H20N2O2.ClH/c1-14-13-19-11-12-20(14)18(21)15-7-9-17(10-8-15)22-16-5-3-2-4-6-16;/h2-10,14,19H,11-13H2,1H3;1H/t14-;/m1./s1. The Labute approximate surface area is 142 Å². The molecule has 0 aliphatic carbocycles. The smallest absolute Gasteiger partial charge is 0.254 e. The second-order valence-corrected chi connectivity index (χ2v) is 5.49. The summed E-state index contributed by atoms with van der Waals surface area (Å²) in [7, 11) is 0. The molecule has 2 aromatic rings. The molecule has 0 spiro atoms. The van der Waals surface area contributed by atoms with Gasteiger partial charge in [0.1, 0.15) is 11.5 Å². The van der Waals surface area contributed by atoms with Crippen molar-refractivity contribution < 1.29 is 9.53 Å². The zero-order valence-corrected chi connectivity index (χ0v) is 13.9. The van der Waals surface area contributed by atoms with E-state index in [4.69, 9.17) is 4.74 Å². The molecule has 4 nitrogen and oxygen atoms in total. The number of amides is 1. The molecular formula is C18H21ClN2O2. The number of carbonyl (C=O) groups excluding carboxylic acids is 1. The minimum atomic E-state index is 0. The number of hydrogen-bond donors (Lipinski definition) is 1. The first-order chi connectivity index (χ1) is 10.7. The molecule has 2 aromatic carbocycles. The Morgan fingerprint density at radius 2 is 1.74 bits per heavy atom. The highest BCUT2D eigenvalue weighted by molar-refractivity contribution is 5.94. The summed E-state index contributed by atoms with van der Waals surface area (Å²) in [6, 6.07) is 17.2. The van der Waals surface area contributed by atoms with Gasteiger partial charge in [-0.05, 0) is 43.3 Å². The number of nitrogens with zero attached hydrogens (tertiary/aromatic N) is 1. The highest BCUT2D eigenvalue weighted by Gasteiger charge is 2.23. The number of rotatable bonds is 3. The second kappa shape index (κ2) is 7.99. The van der Waals surface area contributed by atoms with Crippen LogP contribution in [0.4, 0.5) is 0 Å². The topological polar surface area (TPSA) is 41.6 Å². The number of benzene rings is 2. The van der Waals surface area contributed by atoms with Crippen molar-refractivity contribution in [2.45, 2.75) is 13.0 Å². The molecule has 0 saturated carbocycles. The van der Waals surface area contributed by atoms with Crippen LogP contribution in [-0.2, 0) is 0 Å². The van der Waals surface area contributed by atoms with Crippen molar-refractivity contribution in [1.29, 1.82) is 0 Å². The van der Waals surface area contributed by atoms with Gasteiger partial charge >= 0.3 is 0 Å². The van der Waals surface area contributed by atoms with Gasteiger partial charge in [-0.1, -0.05) is 18.2 Å². The average molecular weight is 333 g/mol. The van der Waals surface area contributed by atoms with E-state index in [2.05, 4.69) is 12.2 Å². The third-order valence-corrected chi connectivity index (χ3v) is 3.84. The van der Waals surface area contributed by atoms with Crippen molar-refractivity contribution in [2.24, 2.45) is 0 Å². The Bertz CT molecular complexity index is 631. The van der Waals surface area contributed by atoms with Gasteiger partial charge in [-0.15, -0.1) is 12.4 Å². The van der Waals surface area contributed by atoms with E-state index in [-0.39, 0.29) is 24.4 Å². The normalized spacial score (nSPS) is 17.3. The van der Waals surface area contributed by atoms with Gasteiger partial charge in [0.15, 0.2) is 0 Å². The van der Waals surface area contributed by atoms with Crippen LogP contribution in [0, 0.1) is 0 Å². The van der Waals surface area contributed by atoms with Crippen LogP contribution >= 0.6 is 12.4 Å². The molecule has 1 aliphatic rings. The summed E-state index contributed by atoms with van der Waals surface area (Å²) >= 11 is 0. The van der Waals surface area contributed by atoms with Crippen LogP contribution in [0.5, 0.6) is 11.5 Å². The molecule has 122 valence electrons. The van der Waals surface area contributed by atoms with Crippen LogP contribution in [-0.4, -0.2) is 36.5 Å². The van der Waals surface area contributed by atoms with Crippen molar-refractivity contribution in [2.75, 3.05) is 19.6 Å². The number of nitrogens with one attached hydrogen (secondary N) is 1. The summed E-state index contributed by atoms with van der Waals surface area (Å²) in [5.74, 6) is 1.61. The summed E-state index contributed by atoms with van der Waals surface area (Å²) in [5.41, 5.74) is 0.703. The maximum atomic E-state index is 12.5. The summed E-state index contributed by atoms with van der Waals surface area (Å²) in [6.45, 7) is 4.52. The van der Waals surface area contributed by atoms with Gasteiger partial charge in [0.2, 0.25) is 0 Å². The average Bonchev–Trinajstić information content (AvgIpc) is 2.56. The minimum Gasteiger partial charge on any atom is -0.457 e. The van der Waals surface area contributed by atoms with Gasteiger partial charge in [-0.3, -0.25) is 4.79 Å². The van der Waals surface area contributed by atoms with Gasteiger partial charge < -0.3 is 15.0 Å². The lowest BCUT2D eigenvalue weighted by molar-refractivity contribution is 0.0656. The van der Waals surface area contributed by atoms with E-state index in [9.17, 15) is 4.79 Å². The summed E-state index contributed by atoms with van der Waals surface area (Å²) in [4.78, 5) is 14.5. The summed E-state index contributed by atoms with van der Waals surface area (Å²) < 4.78 is 5.74. The molecule has 0 aromatic heterocycles. The van der Waals surface area contributed by atoms with Crippen molar-refractivity contribution in [1.82, 2.24) is 10.2 Å². The van der Waals surface area contributed by atoms with Gasteiger partial charge in [0.25, 0.3) is 5.91 Å². The molecule has 1 atom stereocenters. The molecule has 1 heterocycles. The molecular weight excluding hydrogens is 312 g/mol. The first-order valence-electron chi connectivity index (χ1n) is 7.59. The molecule has 1 amide bonds. The van der Waals surface area contributed by atoms with E-state index in [1.807, 2.05) is 59.5 Å². The van der Waals surface area contributed by atoms with Gasteiger partial charge in [-0.25, -0.2) is 0 Å². The second-order valence-electron chi connectivity index (χ2n) is 5.49. The number of halogens is 1. The molecule has 1 saturated heterocycles. The van der Waals surface area contributed by atoms with Crippen LogP contribution in [0.1, 0.15) is 17.3 Å². The third-order valence-electron chi connectivity index (χ3n) is 3.84. The van der Waals surface area contributed by atoms with Crippen molar-refractivity contribution in [3.05, 3.63) is 60.2 Å². The van der Waals surface area contributed by atoms with E-state index in [1.165, 1.54) is 0 Å².